The van der Waals surface area contributed by atoms with E-state index in [0.717, 1.165) is 6.42 Å². The summed E-state index contributed by atoms with van der Waals surface area (Å²) in [5.41, 5.74) is 4.35. The van der Waals surface area contributed by atoms with E-state index >= 15 is 0 Å². The molecule has 0 amide bonds. The van der Waals surface area contributed by atoms with Crippen LogP contribution in [0.1, 0.15) is 18.1 Å². The van der Waals surface area contributed by atoms with Crippen LogP contribution in [-0.4, -0.2) is 0 Å². The molecule has 1 aliphatic rings. The van der Waals surface area contributed by atoms with E-state index < -0.39 is 20.2 Å². The Balaban J connectivity index is 0.000000251. The number of benzene rings is 1. The van der Waals surface area contributed by atoms with E-state index in [4.69, 9.17) is 0 Å². The molecule has 68 valence electrons. The molecule has 0 bridgehead atoms. The second-order valence-electron chi connectivity index (χ2n) is 2.94. The molecule has 13 heavy (non-hydrogen) atoms. The van der Waals surface area contributed by atoms with Crippen LogP contribution in [0.3, 0.4) is 0 Å². The van der Waals surface area contributed by atoms with Gasteiger partial charge in [-0.05, 0) is 24.5 Å². The van der Waals surface area contributed by atoms with Gasteiger partial charge in [0, 0.05) is 0 Å². The SMILES string of the molecule is CC1=Cc2ccccc2C1.[F][Ti][F]. The predicted molar refractivity (Wildman–Crippen MR) is 46.0 cm³/mol. The van der Waals surface area contributed by atoms with Crippen LogP contribution in [0.4, 0.5) is 6.18 Å². The van der Waals surface area contributed by atoms with Crippen molar-refractivity contribution in [3.05, 3.63) is 41.0 Å². The predicted octanol–water partition coefficient (Wildman–Crippen LogP) is 3.48. The summed E-state index contributed by atoms with van der Waals surface area (Å²) < 4.78 is 19.5. The molecule has 2 rings (SSSR count). The summed E-state index contributed by atoms with van der Waals surface area (Å²) in [7, 11) is 0. The molecule has 0 spiro atoms. The van der Waals surface area contributed by atoms with Crippen LogP contribution in [0.25, 0.3) is 6.08 Å². The average molecular weight is 216 g/mol. The normalized spacial score (nSPS) is 12.4. The summed E-state index contributed by atoms with van der Waals surface area (Å²) in [4.78, 5) is 0. The van der Waals surface area contributed by atoms with Crippen molar-refractivity contribution < 1.29 is 26.4 Å². The molecule has 0 saturated carbocycles. The van der Waals surface area contributed by atoms with Crippen molar-refractivity contribution in [2.75, 3.05) is 0 Å². The average Bonchev–Trinajstić information content (AvgIpc) is 2.45. The van der Waals surface area contributed by atoms with E-state index in [9.17, 15) is 6.18 Å². The summed E-state index contributed by atoms with van der Waals surface area (Å²) in [5.74, 6) is 0. The summed E-state index contributed by atoms with van der Waals surface area (Å²) in [6.45, 7) is 2.18. The van der Waals surface area contributed by atoms with E-state index in [-0.39, 0.29) is 0 Å². The number of hydrogen-bond acceptors (Lipinski definition) is 0. The molecule has 0 aromatic heterocycles. The summed E-state index contributed by atoms with van der Waals surface area (Å²) in [5, 5.41) is 0. The van der Waals surface area contributed by atoms with Gasteiger partial charge >= 0.3 is 26.4 Å². The van der Waals surface area contributed by atoms with Gasteiger partial charge in [-0.1, -0.05) is 35.9 Å². The first-order valence-corrected chi connectivity index (χ1v) is 5.17. The first-order valence-electron chi connectivity index (χ1n) is 3.99. The van der Waals surface area contributed by atoms with Crippen LogP contribution in [0.15, 0.2) is 29.8 Å². The Morgan fingerprint density at radius 1 is 1.23 bits per heavy atom. The van der Waals surface area contributed by atoms with Gasteiger partial charge in [0.05, 0.1) is 0 Å². The number of rotatable bonds is 0. The molecular weight excluding hydrogens is 206 g/mol. The fourth-order valence-electron chi connectivity index (χ4n) is 1.45. The summed E-state index contributed by atoms with van der Waals surface area (Å²) in [6, 6.07) is 8.56. The Hall–Kier alpha value is -0.466. The molecule has 0 nitrogen and oxygen atoms in total. The van der Waals surface area contributed by atoms with Gasteiger partial charge in [-0.15, -0.1) is 0 Å². The molecule has 1 aromatic carbocycles. The third-order valence-electron chi connectivity index (χ3n) is 1.93. The molecule has 0 radical (unpaired) electrons. The number of fused-ring (bicyclic) bond motifs is 1. The van der Waals surface area contributed by atoms with Crippen LogP contribution in [0.2, 0.25) is 0 Å². The van der Waals surface area contributed by atoms with E-state index in [2.05, 4.69) is 37.3 Å². The minimum atomic E-state index is -2.50. The van der Waals surface area contributed by atoms with Gasteiger partial charge in [-0.3, -0.25) is 0 Å². The monoisotopic (exact) mass is 216 g/mol. The molecule has 0 heterocycles. The Labute approximate surface area is 86.9 Å². The van der Waals surface area contributed by atoms with Crippen molar-refractivity contribution in [2.45, 2.75) is 13.3 Å². The standard InChI is InChI=1S/C10H10.2FH.Ti/c1-8-6-9-4-2-3-5-10(9)7-8;;;/h2-6H,7H2,1H3;2*1H;/q;;;+2/p-2. The third kappa shape index (κ3) is 3.05. The third-order valence-corrected chi connectivity index (χ3v) is 1.93. The molecule has 3 heteroatoms. The van der Waals surface area contributed by atoms with Gasteiger partial charge in [0.15, 0.2) is 0 Å². The molecule has 0 unspecified atom stereocenters. The van der Waals surface area contributed by atoms with Crippen molar-refractivity contribution >= 4 is 6.08 Å². The van der Waals surface area contributed by atoms with Gasteiger partial charge in [0.2, 0.25) is 0 Å². The Bertz CT molecular complexity index is 308. The molecule has 0 atom stereocenters. The van der Waals surface area contributed by atoms with Gasteiger partial charge < -0.3 is 0 Å². The quantitative estimate of drug-likeness (QED) is 0.582. The van der Waals surface area contributed by atoms with Crippen LogP contribution >= 0.6 is 0 Å². The fraction of sp³-hybridized carbons (Fsp3) is 0.200. The number of allylic oxidation sites excluding steroid dienone is 1. The molecule has 0 saturated heterocycles. The van der Waals surface area contributed by atoms with E-state index in [1.54, 1.807) is 0 Å². The maximum absolute atomic E-state index is 9.75. The second kappa shape index (κ2) is 5.30. The van der Waals surface area contributed by atoms with Crippen LogP contribution < -0.4 is 0 Å². The molecule has 1 aliphatic carbocycles. The zero-order chi connectivity index (χ0) is 9.68. The van der Waals surface area contributed by atoms with Crippen molar-refractivity contribution in [2.24, 2.45) is 0 Å². The molecule has 0 fully saturated rings. The minimum absolute atomic E-state index is 1.15. The first-order chi connectivity index (χ1) is 6.27. The zero-order valence-corrected chi connectivity index (χ0v) is 8.91. The van der Waals surface area contributed by atoms with Crippen molar-refractivity contribution in [3.63, 3.8) is 0 Å². The zero-order valence-electron chi connectivity index (χ0n) is 7.35. The molecule has 1 aromatic rings. The second-order valence-corrected chi connectivity index (χ2v) is 3.16. The van der Waals surface area contributed by atoms with Crippen molar-refractivity contribution in [1.82, 2.24) is 0 Å². The molecular formula is C10H10F2Ti. The van der Waals surface area contributed by atoms with Gasteiger partial charge in [-0.25, -0.2) is 0 Å². The van der Waals surface area contributed by atoms with Gasteiger partial charge in [0.1, 0.15) is 0 Å². The van der Waals surface area contributed by atoms with Gasteiger partial charge in [-0.2, -0.15) is 0 Å². The Kier molecular flexibility index (Phi) is 4.33. The Morgan fingerprint density at radius 3 is 2.46 bits per heavy atom. The van der Waals surface area contributed by atoms with Crippen LogP contribution in [0, 0.1) is 0 Å². The summed E-state index contributed by atoms with van der Waals surface area (Å²) >= 11 is -2.50. The summed E-state index contributed by atoms with van der Waals surface area (Å²) in [6.07, 6.45) is 3.41. The van der Waals surface area contributed by atoms with Crippen molar-refractivity contribution in [1.29, 1.82) is 0 Å². The van der Waals surface area contributed by atoms with E-state index in [1.807, 2.05) is 0 Å². The maximum atomic E-state index is 9.75. The van der Waals surface area contributed by atoms with Crippen molar-refractivity contribution in [3.8, 4) is 0 Å². The molecule has 0 N–H and O–H groups in total. The van der Waals surface area contributed by atoms with E-state index in [0.29, 0.717) is 0 Å². The topological polar surface area (TPSA) is 0 Å². The van der Waals surface area contributed by atoms with Gasteiger partial charge in [0.25, 0.3) is 0 Å². The number of hydrogen-bond donors (Lipinski definition) is 0. The molecule has 0 aliphatic heterocycles. The number of halogens is 2. The van der Waals surface area contributed by atoms with Crippen LogP contribution in [0.5, 0.6) is 0 Å². The fourth-order valence-corrected chi connectivity index (χ4v) is 1.45. The van der Waals surface area contributed by atoms with E-state index in [1.165, 1.54) is 16.7 Å². The Morgan fingerprint density at radius 2 is 1.85 bits per heavy atom. The van der Waals surface area contributed by atoms with Crippen LogP contribution in [-0.2, 0) is 26.6 Å². The first kappa shape index (κ1) is 10.6.